The molecular weight excluding hydrogens is 456 g/mol. The lowest BCUT2D eigenvalue weighted by molar-refractivity contribution is -0.116. The monoisotopic (exact) mass is 484 g/mol. The minimum absolute atomic E-state index is 0.0792. The molecule has 0 saturated carbocycles. The van der Waals surface area contributed by atoms with Gasteiger partial charge in [0.2, 0.25) is 5.91 Å². The molecule has 0 unspecified atom stereocenters. The lowest BCUT2D eigenvalue weighted by Gasteiger charge is -2.14. The molecule has 0 aliphatic rings. The molecule has 3 aromatic rings. The predicted octanol–water partition coefficient (Wildman–Crippen LogP) is 4.39. The summed E-state index contributed by atoms with van der Waals surface area (Å²) in [4.78, 5) is 12.7. The van der Waals surface area contributed by atoms with Crippen molar-refractivity contribution in [1.29, 1.82) is 0 Å². The Hall–Kier alpha value is -3.72. The molecule has 8 nitrogen and oxygen atoms in total. The maximum absolute atomic E-state index is 13.0. The highest BCUT2D eigenvalue weighted by Gasteiger charge is 2.19. The molecule has 0 fully saturated rings. The second-order valence-corrected chi connectivity index (χ2v) is 9.17. The van der Waals surface area contributed by atoms with Crippen molar-refractivity contribution in [2.75, 3.05) is 31.4 Å². The number of sulfonamides is 1. The molecule has 180 valence electrons. The summed E-state index contributed by atoms with van der Waals surface area (Å²) >= 11 is 0. The Labute approximate surface area is 199 Å². The zero-order chi connectivity index (χ0) is 24.7. The van der Waals surface area contributed by atoms with Crippen molar-refractivity contribution in [3.63, 3.8) is 0 Å². The number of hydrogen-bond acceptors (Lipinski definition) is 6. The van der Waals surface area contributed by atoms with Crippen molar-refractivity contribution in [1.82, 2.24) is 0 Å². The highest BCUT2D eigenvalue weighted by atomic mass is 32.2. The summed E-state index contributed by atoms with van der Waals surface area (Å²) < 4.78 is 44.3. The third-order valence-electron chi connectivity index (χ3n) is 5.21. The Bertz CT molecular complexity index is 1260. The summed E-state index contributed by atoms with van der Waals surface area (Å²) in [6, 6.07) is 16.8. The minimum atomic E-state index is -3.87. The van der Waals surface area contributed by atoms with Crippen LogP contribution in [0, 0.1) is 6.92 Å². The largest absolute Gasteiger partial charge is 0.497 e. The lowest BCUT2D eigenvalue weighted by Crippen LogP contribution is -2.16. The van der Waals surface area contributed by atoms with Gasteiger partial charge in [0.1, 0.15) is 5.75 Å². The van der Waals surface area contributed by atoms with Crippen LogP contribution >= 0.6 is 0 Å². The summed E-state index contributed by atoms with van der Waals surface area (Å²) in [6.45, 7) is 1.70. The summed E-state index contributed by atoms with van der Waals surface area (Å²) in [5, 5.41) is 2.78. The van der Waals surface area contributed by atoms with E-state index in [9.17, 15) is 13.2 Å². The van der Waals surface area contributed by atoms with E-state index in [2.05, 4.69) is 10.0 Å². The van der Waals surface area contributed by atoms with Crippen LogP contribution in [0.3, 0.4) is 0 Å². The zero-order valence-electron chi connectivity index (χ0n) is 19.5. The van der Waals surface area contributed by atoms with Gasteiger partial charge in [0, 0.05) is 17.8 Å². The van der Waals surface area contributed by atoms with Crippen molar-refractivity contribution >= 4 is 27.3 Å². The standard InChI is InChI=1S/C25H28N2O6S/c1-17-8-10-20(16-23(17)34(29,30)27-19-11-13-21(31-2)14-12-19)26-24(28)15-9-18-6-5-7-22(32-3)25(18)33-4/h5-8,10-14,16,27H,9,15H2,1-4H3,(H,26,28). The smallest absolute Gasteiger partial charge is 0.262 e. The summed E-state index contributed by atoms with van der Waals surface area (Å²) in [5.41, 5.74) is 2.19. The molecule has 0 radical (unpaired) electrons. The topological polar surface area (TPSA) is 103 Å². The van der Waals surface area contributed by atoms with Crippen molar-refractivity contribution in [3.8, 4) is 17.2 Å². The number of anilines is 2. The molecule has 3 aromatic carbocycles. The van der Waals surface area contributed by atoms with Crippen LogP contribution in [-0.2, 0) is 21.2 Å². The summed E-state index contributed by atoms with van der Waals surface area (Å²) in [6.07, 6.45) is 0.617. The first-order valence-electron chi connectivity index (χ1n) is 10.5. The summed E-state index contributed by atoms with van der Waals surface area (Å²) in [5.74, 6) is 1.56. The quantitative estimate of drug-likeness (QED) is 0.442. The Kier molecular flexibility index (Phi) is 8.01. The molecule has 0 aliphatic carbocycles. The number of carbonyl (C=O) groups excluding carboxylic acids is 1. The number of para-hydroxylation sites is 1. The first-order valence-corrected chi connectivity index (χ1v) is 12.0. The highest BCUT2D eigenvalue weighted by Crippen LogP contribution is 2.31. The van der Waals surface area contributed by atoms with Crippen LogP contribution in [0.1, 0.15) is 17.5 Å². The fourth-order valence-electron chi connectivity index (χ4n) is 3.46. The molecule has 0 heterocycles. The number of rotatable bonds is 10. The fraction of sp³-hybridized carbons (Fsp3) is 0.240. The van der Waals surface area contributed by atoms with Gasteiger partial charge in [-0.2, -0.15) is 0 Å². The first kappa shape index (κ1) is 24.9. The zero-order valence-corrected chi connectivity index (χ0v) is 20.4. The van der Waals surface area contributed by atoms with E-state index in [1.54, 1.807) is 63.6 Å². The molecule has 34 heavy (non-hydrogen) atoms. The van der Waals surface area contributed by atoms with Gasteiger partial charge < -0.3 is 19.5 Å². The van der Waals surface area contributed by atoms with E-state index in [0.29, 0.717) is 40.6 Å². The van der Waals surface area contributed by atoms with Gasteiger partial charge in [-0.15, -0.1) is 0 Å². The first-order chi connectivity index (χ1) is 16.3. The van der Waals surface area contributed by atoms with E-state index in [1.807, 2.05) is 12.1 Å². The van der Waals surface area contributed by atoms with Gasteiger partial charge in [0.25, 0.3) is 10.0 Å². The summed E-state index contributed by atoms with van der Waals surface area (Å²) in [7, 11) is 0.779. The van der Waals surface area contributed by atoms with Crippen molar-refractivity contribution in [3.05, 3.63) is 71.8 Å². The number of benzene rings is 3. The molecular formula is C25H28N2O6S. The van der Waals surface area contributed by atoms with Crippen LogP contribution in [0.15, 0.2) is 65.6 Å². The van der Waals surface area contributed by atoms with Gasteiger partial charge in [-0.25, -0.2) is 8.42 Å². The molecule has 2 N–H and O–H groups in total. The van der Waals surface area contributed by atoms with Crippen molar-refractivity contribution in [2.45, 2.75) is 24.7 Å². The molecule has 0 bridgehead atoms. The molecule has 0 aromatic heterocycles. The molecule has 0 spiro atoms. The third kappa shape index (κ3) is 5.99. The number of nitrogens with one attached hydrogen (secondary N) is 2. The minimum Gasteiger partial charge on any atom is -0.497 e. The number of ether oxygens (including phenoxy) is 3. The van der Waals surface area contributed by atoms with Gasteiger partial charge >= 0.3 is 0 Å². The van der Waals surface area contributed by atoms with Gasteiger partial charge in [-0.1, -0.05) is 18.2 Å². The van der Waals surface area contributed by atoms with Crippen molar-refractivity contribution < 1.29 is 27.4 Å². The van der Waals surface area contributed by atoms with Crippen LogP contribution in [0.25, 0.3) is 0 Å². The molecule has 3 rings (SSSR count). The van der Waals surface area contributed by atoms with E-state index in [4.69, 9.17) is 14.2 Å². The van der Waals surface area contributed by atoms with E-state index in [1.165, 1.54) is 13.2 Å². The van der Waals surface area contributed by atoms with Gasteiger partial charge in [-0.05, 0) is 66.9 Å². The predicted molar refractivity (Wildman–Crippen MR) is 131 cm³/mol. The van der Waals surface area contributed by atoms with Crippen LogP contribution in [0.4, 0.5) is 11.4 Å². The Morgan fingerprint density at radius 2 is 1.59 bits per heavy atom. The Balaban J connectivity index is 1.71. The van der Waals surface area contributed by atoms with Gasteiger partial charge in [0.15, 0.2) is 11.5 Å². The number of aryl methyl sites for hydroxylation is 2. The lowest BCUT2D eigenvalue weighted by atomic mass is 10.1. The normalized spacial score (nSPS) is 10.9. The van der Waals surface area contributed by atoms with E-state index in [0.717, 1.165) is 5.56 Å². The third-order valence-corrected chi connectivity index (χ3v) is 6.73. The Morgan fingerprint density at radius 3 is 2.24 bits per heavy atom. The van der Waals surface area contributed by atoms with Crippen LogP contribution < -0.4 is 24.2 Å². The van der Waals surface area contributed by atoms with Crippen molar-refractivity contribution in [2.24, 2.45) is 0 Å². The van der Waals surface area contributed by atoms with Crippen LogP contribution in [-0.4, -0.2) is 35.7 Å². The number of methoxy groups -OCH3 is 3. The van der Waals surface area contributed by atoms with E-state index < -0.39 is 10.0 Å². The van der Waals surface area contributed by atoms with Gasteiger partial charge in [0.05, 0.1) is 26.2 Å². The molecule has 1 amide bonds. The Morgan fingerprint density at radius 1 is 0.882 bits per heavy atom. The SMILES string of the molecule is COc1ccc(NS(=O)(=O)c2cc(NC(=O)CCc3cccc(OC)c3OC)ccc2C)cc1. The van der Waals surface area contributed by atoms with Crippen LogP contribution in [0.5, 0.6) is 17.2 Å². The number of carbonyl (C=O) groups is 1. The average molecular weight is 485 g/mol. The fourth-order valence-corrected chi connectivity index (χ4v) is 4.79. The molecule has 9 heteroatoms. The maximum Gasteiger partial charge on any atom is 0.262 e. The van der Waals surface area contributed by atoms with Crippen LogP contribution in [0.2, 0.25) is 0 Å². The second kappa shape index (κ2) is 10.9. The number of hydrogen-bond donors (Lipinski definition) is 2. The average Bonchev–Trinajstić information content (AvgIpc) is 2.83. The van der Waals surface area contributed by atoms with E-state index >= 15 is 0 Å². The molecule has 0 atom stereocenters. The number of amides is 1. The maximum atomic E-state index is 13.0. The molecule has 0 aliphatic heterocycles. The second-order valence-electron chi connectivity index (χ2n) is 7.52. The highest BCUT2D eigenvalue weighted by molar-refractivity contribution is 7.92. The van der Waals surface area contributed by atoms with Gasteiger partial charge in [-0.3, -0.25) is 9.52 Å². The molecule has 0 saturated heterocycles. The van der Waals surface area contributed by atoms with E-state index in [-0.39, 0.29) is 17.2 Å².